The van der Waals surface area contributed by atoms with Crippen LogP contribution in [0.1, 0.15) is 56.3 Å². The van der Waals surface area contributed by atoms with E-state index < -0.39 is 5.97 Å². The summed E-state index contributed by atoms with van der Waals surface area (Å²) in [6, 6.07) is 5.58. The first-order valence-electron chi connectivity index (χ1n) is 8.41. The summed E-state index contributed by atoms with van der Waals surface area (Å²) in [5, 5.41) is 9.06. The van der Waals surface area contributed by atoms with Crippen LogP contribution in [-0.2, 0) is 4.79 Å². The van der Waals surface area contributed by atoms with Crippen molar-refractivity contribution in [3.05, 3.63) is 47.6 Å². The van der Waals surface area contributed by atoms with Gasteiger partial charge in [-0.15, -0.1) is 0 Å². The minimum atomic E-state index is -0.918. The van der Waals surface area contributed by atoms with Crippen LogP contribution in [0.5, 0.6) is 0 Å². The highest BCUT2D eigenvalue weighted by atomic mass is 16.4. The summed E-state index contributed by atoms with van der Waals surface area (Å²) in [5.74, 6) is 0.601. The second-order valence-corrected chi connectivity index (χ2v) is 6.44. The van der Waals surface area contributed by atoms with Gasteiger partial charge in [0, 0.05) is 23.9 Å². The second kappa shape index (κ2) is 6.91. The maximum absolute atomic E-state index is 11.0. The molecular weight excluding hydrogens is 302 g/mol. The number of hydrogen-bond acceptors (Lipinski definition) is 3. The van der Waals surface area contributed by atoms with Crippen molar-refractivity contribution in [2.24, 2.45) is 0 Å². The van der Waals surface area contributed by atoms with Crippen LogP contribution in [0.3, 0.4) is 0 Å². The molecule has 1 aliphatic rings. The number of imidazole rings is 1. The summed E-state index contributed by atoms with van der Waals surface area (Å²) in [7, 11) is 0. The molecule has 5 nitrogen and oxygen atoms in total. The first-order chi connectivity index (χ1) is 11.6. The molecule has 3 rings (SSSR count). The third-order valence-electron chi connectivity index (χ3n) is 4.67. The van der Waals surface area contributed by atoms with Crippen molar-refractivity contribution in [2.75, 3.05) is 5.73 Å². The van der Waals surface area contributed by atoms with Crippen molar-refractivity contribution in [3.63, 3.8) is 0 Å². The quantitative estimate of drug-likeness (QED) is 0.658. The minimum absolute atomic E-state index is 0.295. The number of anilines is 1. The van der Waals surface area contributed by atoms with E-state index in [1.807, 2.05) is 30.6 Å². The van der Waals surface area contributed by atoms with E-state index in [2.05, 4.69) is 9.55 Å². The lowest BCUT2D eigenvalue weighted by atomic mass is 9.88. The van der Waals surface area contributed by atoms with Gasteiger partial charge in [0.05, 0.1) is 11.4 Å². The number of carboxylic acids is 1. The van der Waals surface area contributed by atoms with Gasteiger partial charge in [0.15, 0.2) is 0 Å². The highest BCUT2D eigenvalue weighted by Gasteiger charge is 2.21. The number of carbonyl (C=O) groups is 1. The number of nitrogen functional groups attached to an aromatic ring is 1. The van der Waals surface area contributed by atoms with E-state index in [9.17, 15) is 4.79 Å². The second-order valence-electron chi connectivity index (χ2n) is 6.44. The molecule has 1 aromatic heterocycles. The molecule has 0 spiro atoms. The Morgan fingerprint density at radius 2 is 2.08 bits per heavy atom. The highest BCUT2D eigenvalue weighted by molar-refractivity contribution is 5.91. The molecule has 1 saturated carbocycles. The van der Waals surface area contributed by atoms with Crippen molar-refractivity contribution in [3.8, 4) is 5.69 Å². The number of nitrogens with zero attached hydrogens (tertiary/aromatic N) is 2. The Balaban J connectivity index is 1.99. The molecule has 1 fully saturated rings. The van der Waals surface area contributed by atoms with E-state index in [0.29, 0.717) is 17.2 Å². The lowest BCUT2D eigenvalue weighted by molar-refractivity contribution is -0.132. The monoisotopic (exact) mass is 325 g/mol. The lowest BCUT2D eigenvalue weighted by Crippen LogP contribution is -2.12. The first kappa shape index (κ1) is 16.3. The standard InChI is InChI=1S/C19H23N3O2/c1-13(19(23)24)11-14-7-8-16(20)17(12-14)22-10-9-21-18(22)15-5-3-2-4-6-15/h7-12,15H,2-6,20H2,1H3,(H,23,24)/b13-11+. The van der Waals surface area contributed by atoms with Crippen molar-refractivity contribution in [1.29, 1.82) is 0 Å². The summed E-state index contributed by atoms with van der Waals surface area (Å²) in [6.45, 7) is 1.59. The van der Waals surface area contributed by atoms with Gasteiger partial charge in [-0.25, -0.2) is 9.78 Å². The van der Waals surface area contributed by atoms with Crippen LogP contribution >= 0.6 is 0 Å². The van der Waals surface area contributed by atoms with E-state index in [4.69, 9.17) is 10.8 Å². The Kier molecular flexibility index (Phi) is 4.69. The van der Waals surface area contributed by atoms with Gasteiger partial charge in [-0.2, -0.15) is 0 Å². The van der Waals surface area contributed by atoms with Crippen LogP contribution in [0.2, 0.25) is 0 Å². The predicted octanol–water partition coefficient (Wildman–Crippen LogP) is 3.99. The number of rotatable bonds is 4. The number of aromatic nitrogens is 2. The van der Waals surface area contributed by atoms with Crippen LogP contribution in [0.15, 0.2) is 36.2 Å². The van der Waals surface area contributed by atoms with Crippen LogP contribution in [0.25, 0.3) is 11.8 Å². The van der Waals surface area contributed by atoms with Gasteiger partial charge >= 0.3 is 5.97 Å². The number of aliphatic carboxylic acids is 1. The summed E-state index contributed by atoms with van der Waals surface area (Å²) < 4.78 is 2.05. The largest absolute Gasteiger partial charge is 0.478 e. The zero-order valence-corrected chi connectivity index (χ0v) is 13.9. The molecule has 1 aliphatic carbocycles. The van der Waals surface area contributed by atoms with Crippen molar-refractivity contribution < 1.29 is 9.90 Å². The van der Waals surface area contributed by atoms with Crippen LogP contribution in [-0.4, -0.2) is 20.6 Å². The molecule has 0 unspecified atom stereocenters. The summed E-state index contributed by atoms with van der Waals surface area (Å²) >= 11 is 0. The molecule has 0 amide bonds. The Morgan fingerprint density at radius 3 is 2.79 bits per heavy atom. The Morgan fingerprint density at radius 1 is 1.33 bits per heavy atom. The predicted molar refractivity (Wildman–Crippen MR) is 95.1 cm³/mol. The fourth-order valence-electron chi connectivity index (χ4n) is 3.35. The zero-order valence-electron chi connectivity index (χ0n) is 13.9. The van der Waals surface area contributed by atoms with E-state index >= 15 is 0 Å². The summed E-state index contributed by atoms with van der Waals surface area (Å²) in [6.07, 6.45) is 11.5. The topological polar surface area (TPSA) is 81.1 Å². The first-order valence-corrected chi connectivity index (χ1v) is 8.41. The molecular formula is C19H23N3O2. The highest BCUT2D eigenvalue weighted by Crippen LogP contribution is 2.33. The lowest BCUT2D eigenvalue weighted by Gasteiger charge is -2.22. The van der Waals surface area contributed by atoms with Crippen LogP contribution in [0.4, 0.5) is 5.69 Å². The molecule has 0 atom stereocenters. The summed E-state index contributed by atoms with van der Waals surface area (Å²) in [5.41, 5.74) is 8.82. The molecule has 1 aromatic carbocycles. The maximum Gasteiger partial charge on any atom is 0.331 e. The van der Waals surface area contributed by atoms with Gasteiger partial charge in [0.25, 0.3) is 0 Å². The molecule has 24 heavy (non-hydrogen) atoms. The molecule has 0 radical (unpaired) electrons. The van der Waals surface area contributed by atoms with Crippen molar-refractivity contribution in [2.45, 2.75) is 44.9 Å². The molecule has 126 valence electrons. The molecule has 1 heterocycles. The minimum Gasteiger partial charge on any atom is -0.478 e. The molecule has 3 N–H and O–H groups in total. The van der Waals surface area contributed by atoms with E-state index in [-0.39, 0.29) is 0 Å². The number of hydrogen-bond donors (Lipinski definition) is 2. The molecule has 0 bridgehead atoms. The SMILES string of the molecule is C/C(=C\c1ccc(N)c(-n2ccnc2C2CCCCC2)c1)C(=O)O. The maximum atomic E-state index is 11.0. The third kappa shape index (κ3) is 3.35. The van der Waals surface area contributed by atoms with Gasteiger partial charge in [-0.1, -0.05) is 25.3 Å². The van der Waals surface area contributed by atoms with E-state index in [1.165, 1.54) is 19.3 Å². The zero-order chi connectivity index (χ0) is 17.1. The average Bonchev–Trinajstić information content (AvgIpc) is 3.06. The number of carboxylic acid groups (broad SMARTS) is 1. The normalized spacial score (nSPS) is 16.3. The van der Waals surface area contributed by atoms with E-state index in [0.717, 1.165) is 29.9 Å². The Labute approximate surface area is 141 Å². The molecule has 2 aromatic rings. The average molecular weight is 325 g/mol. The van der Waals surface area contributed by atoms with Gasteiger partial charge in [0.1, 0.15) is 5.82 Å². The fraction of sp³-hybridized carbons (Fsp3) is 0.368. The van der Waals surface area contributed by atoms with Gasteiger partial charge in [0.2, 0.25) is 0 Å². The molecule has 0 saturated heterocycles. The van der Waals surface area contributed by atoms with Crippen molar-refractivity contribution in [1.82, 2.24) is 9.55 Å². The number of nitrogens with two attached hydrogens (primary N) is 1. The Bertz CT molecular complexity index is 771. The van der Waals surface area contributed by atoms with Gasteiger partial charge < -0.3 is 15.4 Å². The molecule has 0 aliphatic heterocycles. The van der Waals surface area contributed by atoms with Crippen LogP contribution in [0, 0.1) is 0 Å². The number of benzene rings is 1. The van der Waals surface area contributed by atoms with Gasteiger partial charge in [-0.05, 0) is 43.5 Å². The van der Waals surface area contributed by atoms with Gasteiger partial charge in [-0.3, -0.25) is 0 Å². The fourth-order valence-corrected chi connectivity index (χ4v) is 3.35. The Hall–Kier alpha value is -2.56. The summed E-state index contributed by atoms with van der Waals surface area (Å²) in [4.78, 5) is 15.6. The van der Waals surface area contributed by atoms with E-state index in [1.54, 1.807) is 13.0 Å². The molecule has 5 heteroatoms. The van der Waals surface area contributed by atoms with Crippen molar-refractivity contribution >= 4 is 17.7 Å². The third-order valence-corrected chi connectivity index (χ3v) is 4.67. The van der Waals surface area contributed by atoms with Crippen LogP contribution < -0.4 is 5.73 Å². The smallest absolute Gasteiger partial charge is 0.331 e.